The number of aliphatic hydroxyl groups excluding tert-OH is 1. The highest BCUT2D eigenvalue weighted by molar-refractivity contribution is 5.10. The van der Waals surface area contributed by atoms with Crippen LogP contribution in [0.1, 0.15) is 45.0 Å². The molecule has 0 aromatic carbocycles. The monoisotopic (exact) mass is 253 g/mol. The van der Waals surface area contributed by atoms with Crippen LogP contribution in [0.3, 0.4) is 0 Å². The van der Waals surface area contributed by atoms with Gasteiger partial charge in [-0.1, -0.05) is 20.3 Å². The third-order valence-electron chi connectivity index (χ3n) is 3.21. The van der Waals surface area contributed by atoms with Gasteiger partial charge in [-0.3, -0.25) is 9.58 Å². The predicted molar refractivity (Wildman–Crippen MR) is 74.5 cm³/mol. The summed E-state index contributed by atoms with van der Waals surface area (Å²) in [5.41, 5.74) is 2.42. The number of aliphatic hydroxyl groups is 1. The van der Waals surface area contributed by atoms with E-state index in [1.165, 1.54) is 18.5 Å². The lowest BCUT2D eigenvalue weighted by Gasteiger charge is -2.21. The first-order valence-corrected chi connectivity index (χ1v) is 7.13. The molecule has 1 N–H and O–H groups in total. The van der Waals surface area contributed by atoms with Crippen molar-refractivity contribution < 1.29 is 5.11 Å². The van der Waals surface area contributed by atoms with Crippen molar-refractivity contribution in [3.05, 3.63) is 17.5 Å². The quantitative estimate of drug-likeness (QED) is 0.732. The van der Waals surface area contributed by atoms with E-state index >= 15 is 0 Å². The van der Waals surface area contributed by atoms with Gasteiger partial charge in [0.05, 0.1) is 18.0 Å². The molecule has 0 saturated heterocycles. The summed E-state index contributed by atoms with van der Waals surface area (Å²) in [5, 5.41) is 13.7. The van der Waals surface area contributed by atoms with Crippen LogP contribution < -0.4 is 0 Å². The Morgan fingerprint density at radius 3 is 2.61 bits per heavy atom. The van der Waals surface area contributed by atoms with Crippen LogP contribution in [0.15, 0.2) is 6.07 Å². The van der Waals surface area contributed by atoms with Gasteiger partial charge in [0, 0.05) is 19.6 Å². The molecule has 4 heteroatoms. The number of nitrogens with zero attached hydrogens (tertiary/aromatic N) is 3. The first kappa shape index (κ1) is 15.2. The summed E-state index contributed by atoms with van der Waals surface area (Å²) in [7, 11) is 0. The summed E-state index contributed by atoms with van der Waals surface area (Å²) in [6, 6.07) is 2.19. The van der Waals surface area contributed by atoms with Gasteiger partial charge in [0.2, 0.25) is 0 Å². The molecule has 0 aliphatic rings. The number of aromatic nitrogens is 2. The summed E-state index contributed by atoms with van der Waals surface area (Å²) in [5.74, 6) is 0. The summed E-state index contributed by atoms with van der Waals surface area (Å²) < 4.78 is 2.08. The maximum Gasteiger partial charge on any atom is 0.0625 e. The lowest BCUT2D eigenvalue weighted by molar-refractivity contribution is 0.185. The molecule has 18 heavy (non-hydrogen) atoms. The Balaban J connectivity index is 2.68. The van der Waals surface area contributed by atoms with Crippen LogP contribution in [-0.4, -0.2) is 39.5 Å². The number of rotatable bonds is 9. The van der Waals surface area contributed by atoms with Gasteiger partial charge in [-0.2, -0.15) is 5.10 Å². The summed E-state index contributed by atoms with van der Waals surface area (Å²) >= 11 is 0. The molecular weight excluding hydrogens is 226 g/mol. The maximum absolute atomic E-state index is 9.13. The minimum atomic E-state index is 0.227. The van der Waals surface area contributed by atoms with Crippen LogP contribution >= 0.6 is 0 Å². The second kappa shape index (κ2) is 8.27. The fourth-order valence-electron chi connectivity index (χ4n) is 2.11. The highest BCUT2D eigenvalue weighted by Crippen LogP contribution is 2.09. The minimum Gasteiger partial charge on any atom is -0.395 e. The number of hydrogen-bond donors (Lipinski definition) is 1. The first-order chi connectivity index (χ1) is 8.74. The molecule has 4 nitrogen and oxygen atoms in total. The van der Waals surface area contributed by atoms with Crippen LogP contribution in [0.4, 0.5) is 0 Å². The van der Waals surface area contributed by atoms with Crippen molar-refractivity contribution in [2.45, 2.75) is 53.1 Å². The zero-order valence-corrected chi connectivity index (χ0v) is 12.0. The molecule has 0 amide bonds. The second-order valence-electron chi connectivity index (χ2n) is 4.65. The molecule has 0 fully saturated rings. The summed E-state index contributed by atoms with van der Waals surface area (Å²) in [6.45, 7) is 10.3. The topological polar surface area (TPSA) is 41.3 Å². The van der Waals surface area contributed by atoms with Crippen molar-refractivity contribution in [3.63, 3.8) is 0 Å². The number of aryl methyl sites for hydroxylation is 2. The van der Waals surface area contributed by atoms with Gasteiger partial charge < -0.3 is 5.11 Å². The first-order valence-electron chi connectivity index (χ1n) is 7.13. The van der Waals surface area contributed by atoms with Gasteiger partial charge in [-0.25, -0.2) is 0 Å². The van der Waals surface area contributed by atoms with E-state index in [9.17, 15) is 0 Å². The Kier molecular flexibility index (Phi) is 6.98. The Morgan fingerprint density at radius 1 is 1.28 bits per heavy atom. The molecule has 0 unspecified atom stereocenters. The minimum absolute atomic E-state index is 0.227. The lowest BCUT2D eigenvalue weighted by Crippen LogP contribution is -2.28. The molecule has 104 valence electrons. The van der Waals surface area contributed by atoms with Crippen LogP contribution in [-0.2, 0) is 19.5 Å². The van der Waals surface area contributed by atoms with Crippen LogP contribution in [0.2, 0.25) is 0 Å². The van der Waals surface area contributed by atoms with E-state index in [1.54, 1.807) is 0 Å². The highest BCUT2D eigenvalue weighted by Gasteiger charge is 2.10. The van der Waals surface area contributed by atoms with Gasteiger partial charge >= 0.3 is 0 Å². The third kappa shape index (κ3) is 4.42. The molecule has 0 aliphatic carbocycles. The molecule has 0 radical (unpaired) electrons. The highest BCUT2D eigenvalue weighted by atomic mass is 16.3. The number of unbranched alkanes of at least 4 members (excludes halogenated alkanes) is 1. The average Bonchev–Trinajstić information content (AvgIpc) is 2.78. The second-order valence-corrected chi connectivity index (χ2v) is 4.65. The van der Waals surface area contributed by atoms with E-state index in [0.717, 1.165) is 38.3 Å². The van der Waals surface area contributed by atoms with Gasteiger partial charge in [0.1, 0.15) is 0 Å². The molecule has 1 aromatic rings. The van der Waals surface area contributed by atoms with E-state index in [4.69, 9.17) is 5.11 Å². The van der Waals surface area contributed by atoms with Gasteiger partial charge in [-0.05, 0) is 32.4 Å². The van der Waals surface area contributed by atoms with Crippen molar-refractivity contribution in [1.29, 1.82) is 0 Å². The third-order valence-corrected chi connectivity index (χ3v) is 3.21. The molecule has 0 spiro atoms. The Bertz CT molecular complexity index is 336. The molecule has 0 saturated carbocycles. The Hall–Kier alpha value is -0.870. The van der Waals surface area contributed by atoms with E-state index in [2.05, 4.69) is 41.5 Å². The largest absolute Gasteiger partial charge is 0.395 e. The SMILES string of the molecule is CCCCN(CCO)Cc1cc(CC)nn1CC. The van der Waals surface area contributed by atoms with Crippen molar-refractivity contribution >= 4 is 0 Å². The van der Waals surface area contributed by atoms with Crippen molar-refractivity contribution in [3.8, 4) is 0 Å². The predicted octanol–water partition coefficient (Wildman–Crippen LogP) is 2.06. The Morgan fingerprint density at radius 2 is 2.06 bits per heavy atom. The Labute approximate surface area is 111 Å². The fraction of sp³-hybridized carbons (Fsp3) is 0.786. The van der Waals surface area contributed by atoms with E-state index < -0.39 is 0 Å². The molecular formula is C14H27N3O. The summed E-state index contributed by atoms with van der Waals surface area (Å²) in [6.07, 6.45) is 3.35. The van der Waals surface area contributed by atoms with Gasteiger partial charge in [0.25, 0.3) is 0 Å². The number of hydrogen-bond acceptors (Lipinski definition) is 3. The van der Waals surface area contributed by atoms with E-state index in [-0.39, 0.29) is 6.61 Å². The summed E-state index contributed by atoms with van der Waals surface area (Å²) in [4.78, 5) is 2.31. The molecule has 1 heterocycles. The average molecular weight is 253 g/mol. The van der Waals surface area contributed by atoms with Crippen molar-refractivity contribution in [2.75, 3.05) is 19.7 Å². The standard InChI is InChI=1S/C14H27N3O/c1-4-7-8-16(9-10-18)12-14-11-13(5-2)15-17(14)6-3/h11,18H,4-10,12H2,1-3H3. The van der Waals surface area contributed by atoms with Crippen LogP contribution in [0.25, 0.3) is 0 Å². The molecule has 1 rings (SSSR count). The molecule has 1 aromatic heterocycles. The zero-order valence-electron chi connectivity index (χ0n) is 12.0. The molecule has 0 atom stereocenters. The van der Waals surface area contributed by atoms with Crippen LogP contribution in [0.5, 0.6) is 0 Å². The van der Waals surface area contributed by atoms with Crippen LogP contribution in [0, 0.1) is 0 Å². The molecule has 0 aliphatic heterocycles. The zero-order chi connectivity index (χ0) is 13.4. The van der Waals surface area contributed by atoms with Crippen molar-refractivity contribution in [1.82, 2.24) is 14.7 Å². The van der Waals surface area contributed by atoms with Gasteiger partial charge in [0.15, 0.2) is 0 Å². The van der Waals surface area contributed by atoms with Gasteiger partial charge in [-0.15, -0.1) is 0 Å². The fourth-order valence-corrected chi connectivity index (χ4v) is 2.11. The smallest absolute Gasteiger partial charge is 0.0625 e. The lowest BCUT2D eigenvalue weighted by atomic mass is 10.2. The van der Waals surface area contributed by atoms with Crippen molar-refractivity contribution in [2.24, 2.45) is 0 Å². The normalized spacial score (nSPS) is 11.4. The van der Waals surface area contributed by atoms with E-state index in [1.807, 2.05) is 0 Å². The van der Waals surface area contributed by atoms with E-state index in [0.29, 0.717) is 0 Å². The molecule has 0 bridgehead atoms. The maximum atomic E-state index is 9.13.